The van der Waals surface area contributed by atoms with Crippen LogP contribution in [0.2, 0.25) is 15.1 Å². The molecule has 0 bridgehead atoms. The molecule has 0 aliphatic heterocycles. The molecule has 0 unspecified atom stereocenters. The first kappa shape index (κ1) is 23.6. The van der Waals surface area contributed by atoms with Crippen molar-refractivity contribution in [2.75, 3.05) is 5.32 Å². The van der Waals surface area contributed by atoms with Gasteiger partial charge >= 0.3 is 0 Å². The second-order valence-electron chi connectivity index (χ2n) is 6.56. The first-order chi connectivity index (χ1) is 15.4. The SMILES string of the molecule is O=C(CC(=O)Nc1ccccc1Cl)NN=Cc1ccccc1OCc1ccc(Cl)cc1Cl. The number of carbonyl (C=O) groups is 2. The Hall–Kier alpha value is -3.06. The maximum absolute atomic E-state index is 12.0. The number of carbonyl (C=O) groups excluding carboxylic acids is 2. The molecule has 0 atom stereocenters. The highest BCUT2D eigenvalue weighted by Gasteiger charge is 2.11. The summed E-state index contributed by atoms with van der Waals surface area (Å²) < 4.78 is 5.84. The second-order valence-corrected chi connectivity index (χ2v) is 7.81. The van der Waals surface area contributed by atoms with Crippen molar-refractivity contribution in [3.8, 4) is 5.75 Å². The van der Waals surface area contributed by atoms with Gasteiger partial charge in [-0.25, -0.2) is 5.43 Å². The van der Waals surface area contributed by atoms with Gasteiger partial charge in [-0.3, -0.25) is 9.59 Å². The van der Waals surface area contributed by atoms with Crippen LogP contribution < -0.4 is 15.5 Å². The van der Waals surface area contributed by atoms with Gasteiger partial charge in [0.25, 0.3) is 0 Å². The van der Waals surface area contributed by atoms with Crippen molar-refractivity contribution in [3.63, 3.8) is 0 Å². The average Bonchev–Trinajstić information content (AvgIpc) is 2.75. The van der Waals surface area contributed by atoms with Gasteiger partial charge in [-0.15, -0.1) is 0 Å². The molecule has 0 aromatic heterocycles. The first-order valence-corrected chi connectivity index (χ1v) is 10.6. The van der Waals surface area contributed by atoms with E-state index in [2.05, 4.69) is 15.8 Å². The van der Waals surface area contributed by atoms with Crippen LogP contribution >= 0.6 is 34.8 Å². The van der Waals surface area contributed by atoms with Crippen LogP contribution in [0.4, 0.5) is 5.69 Å². The molecule has 6 nitrogen and oxygen atoms in total. The molecule has 9 heteroatoms. The molecule has 0 aliphatic rings. The molecule has 0 saturated carbocycles. The van der Waals surface area contributed by atoms with Gasteiger partial charge in [-0.05, 0) is 36.4 Å². The van der Waals surface area contributed by atoms with E-state index in [1.165, 1.54) is 6.21 Å². The minimum atomic E-state index is -0.572. The molecular formula is C23H18Cl3N3O3. The summed E-state index contributed by atoms with van der Waals surface area (Å²) >= 11 is 18.1. The molecule has 164 valence electrons. The number of nitrogens with zero attached hydrogens (tertiary/aromatic N) is 1. The van der Waals surface area contributed by atoms with Crippen LogP contribution in [0.5, 0.6) is 5.75 Å². The normalized spacial score (nSPS) is 10.7. The first-order valence-electron chi connectivity index (χ1n) is 9.44. The molecule has 0 aliphatic carbocycles. The number of hydrogen-bond donors (Lipinski definition) is 2. The Balaban J connectivity index is 1.54. The van der Waals surface area contributed by atoms with Crippen molar-refractivity contribution in [3.05, 3.63) is 92.9 Å². The highest BCUT2D eigenvalue weighted by molar-refractivity contribution is 6.35. The summed E-state index contributed by atoms with van der Waals surface area (Å²) in [6.45, 7) is 0.232. The van der Waals surface area contributed by atoms with Gasteiger partial charge in [0, 0.05) is 21.2 Å². The number of benzene rings is 3. The summed E-state index contributed by atoms with van der Waals surface area (Å²) in [7, 11) is 0. The van der Waals surface area contributed by atoms with E-state index in [1.54, 1.807) is 54.6 Å². The second kappa shape index (κ2) is 11.5. The molecular weight excluding hydrogens is 473 g/mol. The van der Waals surface area contributed by atoms with Crippen molar-refractivity contribution in [1.29, 1.82) is 0 Å². The lowest BCUT2D eigenvalue weighted by molar-refractivity contribution is -0.126. The number of ether oxygens (including phenoxy) is 1. The van der Waals surface area contributed by atoms with Crippen LogP contribution in [0.1, 0.15) is 17.5 Å². The van der Waals surface area contributed by atoms with Gasteiger partial charge in [0.15, 0.2) is 0 Å². The van der Waals surface area contributed by atoms with E-state index in [1.807, 2.05) is 12.1 Å². The van der Waals surface area contributed by atoms with Gasteiger partial charge in [-0.1, -0.05) is 65.1 Å². The zero-order valence-electron chi connectivity index (χ0n) is 16.6. The molecule has 0 saturated heterocycles. The summed E-state index contributed by atoms with van der Waals surface area (Å²) in [4.78, 5) is 24.0. The van der Waals surface area contributed by atoms with Gasteiger partial charge in [0.05, 0.1) is 16.9 Å². The van der Waals surface area contributed by atoms with Crippen molar-refractivity contribution in [2.45, 2.75) is 13.0 Å². The zero-order valence-corrected chi connectivity index (χ0v) is 18.9. The molecule has 0 spiro atoms. The number of anilines is 1. The minimum Gasteiger partial charge on any atom is -0.488 e. The Morgan fingerprint density at radius 1 is 0.906 bits per heavy atom. The van der Waals surface area contributed by atoms with Gasteiger partial charge in [0.1, 0.15) is 18.8 Å². The smallest absolute Gasteiger partial charge is 0.249 e. The lowest BCUT2D eigenvalue weighted by atomic mass is 10.2. The molecule has 0 heterocycles. The van der Waals surface area contributed by atoms with E-state index in [0.29, 0.717) is 32.1 Å². The molecule has 3 rings (SSSR count). The predicted octanol–water partition coefficient (Wildman–Crippen LogP) is 5.70. The fourth-order valence-corrected chi connectivity index (χ4v) is 3.28. The molecule has 32 heavy (non-hydrogen) atoms. The van der Waals surface area contributed by atoms with E-state index < -0.39 is 18.2 Å². The Labute approximate surface area is 200 Å². The monoisotopic (exact) mass is 489 g/mol. The summed E-state index contributed by atoms with van der Waals surface area (Å²) in [5, 5.41) is 7.92. The topological polar surface area (TPSA) is 79.8 Å². The van der Waals surface area contributed by atoms with Crippen LogP contribution in [0, 0.1) is 0 Å². The molecule has 3 aromatic rings. The summed E-state index contributed by atoms with van der Waals surface area (Å²) in [6.07, 6.45) is 1.03. The number of nitrogens with one attached hydrogen (secondary N) is 2. The highest BCUT2D eigenvalue weighted by Crippen LogP contribution is 2.24. The Morgan fingerprint density at radius 2 is 1.66 bits per heavy atom. The van der Waals surface area contributed by atoms with Gasteiger partial charge in [0.2, 0.25) is 11.8 Å². The summed E-state index contributed by atoms with van der Waals surface area (Å²) in [6, 6.07) is 19.1. The fraction of sp³-hybridized carbons (Fsp3) is 0.0870. The molecule has 3 aromatic carbocycles. The molecule has 2 N–H and O–H groups in total. The average molecular weight is 491 g/mol. The summed E-state index contributed by atoms with van der Waals surface area (Å²) in [5.74, 6) is -0.528. The van der Waals surface area contributed by atoms with Gasteiger partial charge < -0.3 is 10.1 Å². The largest absolute Gasteiger partial charge is 0.488 e. The highest BCUT2D eigenvalue weighted by atomic mass is 35.5. The molecule has 0 radical (unpaired) electrons. The third-order valence-corrected chi connectivity index (χ3v) is 5.10. The van der Waals surface area contributed by atoms with E-state index >= 15 is 0 Å². The predicted molar refractivity (Wildman–Crippen MR) is 128 cm³/mol. The zero-order chi connectivity index (χ0) is 22.9. The third-order valence-electron chi connectivity index (χ3n) is 4.18. The van der Waals surface area contributed by atoms with E-state index in [-0.39, 0.29) is 6.61 Å². The van der Waals surface area contributed by atoms with Crippen LogP contribution in [0.15, 0.2) is 71.8 Å². The van der Waals surface area contributed by atoms with Gasteiger partial charge in [-0.2, -0.15) is 5.10 Å². The van der Waals surface area contributed by atoms with Crippen LogP contribution in [0.25, 0.3) is 0 Å². The lowest BCUT2D eigenvalue weighted by Crippen LogP contribution is -2.24. The van der Waals surface area contributed by atoms with Crippen LogP contribution in [0.3, 0.4) is 0 Å². The number of rotatable bonds is 8. The fourth-order valence-electron chi connectivity index (χ4n) is 2.63. The number of amides is 2. The number of hydrazone groups is 1. The standard InChI is InChI=1S/C23H18Cl3N3O3/c24-17-10-9-16(19(26)11-17)14-32-21-8-4-1-5-15(21)13-27-29-23(31)12-22(30)28-20-7-3-2-6-18(20)25/h1-11,13H,12,14H2,(H,28,30)(H,29,31). The molecule has 2 amide bonds. The summed E-state index contributed by atoms with van der Waals surface area (Å²) in [5.41, 5.74) is 4.17. The maximum atomic E-state index is 12.0. The van der Waals surface area contributed by atoms with E-state index in [4.69, 9.17) is 39.5 Å². The molecule has 0 fully saturated rings. The minimum absolute atomic E-state index is 0.232. The maximum Gasteiger partial charge on any atom is 0.249 e. The third kappa shape index (κ3) is 6.99. The van der Waals surface area contributed by atoms with E-state index in [0.717, 1.165) is 5.56 Å². The van der Waals surface area contributed by atoms with Crippen molar-refractivity contribution in [1.82, 2.24) is 5.43 Å². The lowest BCUT2D eigenvalue weighted by Gasteiger charge is -2.10. The van der Waals surface area contributed by atoms with Crippen molar-refractivity contribution < 1.29 is 14.3 Å². The Kier molecular flexibility index (Phi) is 8.50. The Bertz CT molecular complexity index is 1150. The van der Waals surface area contributed by atoms with Crippen LogP contribution in [-0.4, -0.2) is 18.0 Å². The quantitative estimate of drug-likeness (QED) is 0.241. The Morgan fingerprint density at radius 3 is 2.44 bits per heavy atom. The van der Waals surface area contributed by atoms with Crippen LogP contribution in [-0.2, 0) is 16.2 Å². The number of hydrogen-bond acceptors (Lipinski definition) is 4. The number of halogens is 3. The van der Waals surface area contributed by atoms with Crippen molar-refractivity contribution >= 4 is 58.5 Å². The number of para-hydroxylation sites is 2. The van der Waals surface area contributed by atoms with Crippen molar-refractivity contribution in [2.24, 2.45) is 5.10 Å². The van der Waals surface area contributed by atoms with E-state index in [9.17, 15) is 9.59 Å².